The minimum atomic E-state index is -0.414. The summed E-state index contributed by atoms with van der Waals surface area (Å²) in [4.78, 5) is 31.0. The number of aliphatic imine (C=N–C) groups is 4. The van der Waals surface area contributed by atoms with Crippen LogP contribution in [-0.4, -0.2) is 46.0 Å². The Bertz CT molecular complexity index is 2780. The van der Waals surface area contributed by atoms with Crippen LogP contribution >= 0.6 is 0 Å². The molecular weight excluding hydrogens is 741 g/mol. The molecule has 0 aliphatic carbocycles. The average Bonchev–Trinajstić information content (AvgIpc) is 4.13. The van der Waals surface area contributed by atoms with Crippen molar-refractivity contribution in [3.05, 3.63) is 202 Å². The van der Waals surface area contributed by atoms with Gasteiger partial charge in [-0.2, -0.15) is 0 Å². The highest BCUT2D eigenvalue weighted by Crippen LogP contribution is 2.41. The molecule has 0 saturated carbocycles. The smallest absolute Gasteiger partial charge is 0.184 e. The van der Waals surface area contributed by atoms with Crippen molar-refractivity contribution in [2.24, 2.45) is 25.4 Å². The summed E-state index contributed by atoms with van der Waals surface area (Å²) < 4.78 is 12.7. The van der Waals surface area contributed by atoms with Crippen LogP contribution in [0.1, 0.15) is 73.2 Å². The predicted molar refractivity (Wildman–Crippen MR) is 243 cm³/mol. The van der Waals surface area contributed by atoms with Gasteiger partial charge in [0.25, 0.3) is 0 Å². The quantitative estimate of drug-likeness (QED) is 0.186. The lowest BCUT2D eigenvalue weighted by Gasteiger charge is -2.35. The number of nitrogens with zero attached hydrogens (tertiary/aromatic N) is 6. The molecule has 0 N–H and O–H groups in total. The minimum Gasteiger partial charge on any atom is -0.348 e. The van der Waals surface area contributed by atoms with Gasteiger partial charge in [0.05, 0.1) is 64.4 Å². The SMILES string of the molecule is CCc1cc(C2OCC(C)(C)CO2)c(CC)cc1C1=C2C=CC(=N2)C(c2ccccc2)=C2C=CC(=N2)C(c2ncccn2)=C2C=CC(=N2)C(c2ccccc2)=C2C=CC1=N2. The summed E-state index contributed by atoms with van der Waals surface area (Å²) in [7, 11) is 0. The Morgan fingerprint density at radius 2 is 0.967 bits per heavy atom. The minimum absolute atomic E-state index is 0.0285. The summed E-state index contributed by atoms with van der Waals surface area (Å²) in [6, 6.07) is 27.1. The number of aryl methyl sites for hydroxylation is 2. The predicted octanol–water partition coefficient (Wildman–Crippen LogP) is 10.7. The summed E-state index contributed by atoms with van der Waals surface area (Å²) in [5.74, 6) is 0.548. The molecule has 8 bridgehead atoms. The maximum atomic E-state index is 6.37. The van der Waals surface area contributed by atoms with Crippen LogP contribution < -0.4 is 0 Å². The molecule has 3 aromatic carbocycles. The summed E-state index contributed by atoms with van der Waals surface area (Å²) >= 11 is 0. The van der Waals surface area contributed by atoms with E-state index in [0.29, 0.717) is 19.0 Å². The Kier molecular flexibility index (Phi) is 9.67. The monoisotopic (exact) mass is 784 g/mol. The van der Waals surface area contributed by atoms with Gasteiger partial charge in [-0.3, -0.25) is 0 Å². The Morgan fingerprint density at radius 3 is 1.47 bits per heavy atom. The molecule has 0 atom stereocenters. The van der Waals surface area contributed by atoms with Gasteiger partial charge in [0.1, 0.15) is 0 Å². The number of ether oxygens (including phenoxy) is 2. The van der Waals surface area contributed by atoms with Gasteiger partial charge in [-0.15, -0.1) is 0 Å². The van der Waals surface area contributed by atoms with E-state index in [0.717, 1.165) is 103 Å². The topological polar surface area (TPSA) is 93.7 Å². The van der Waals surface area contributed by atoms with Crippen molar-refractivity contribution in [1.29, 1.82) is 0 Å². The third-order valence-corrected chi connectivity index (χ3v) is 11.4. The van der Waals surface area contributed by atoms with E-state index < -0.39 is 6.29 Å². The highest BCUT2D eigenvalue weighted by Gasteiger charge is 2.33. The average molecular weight is 785 g/mol. The summed E-state index contributed by atoms with van der Waals surface area (Å²) in [6.07, 6.45) is 21.4. The van der Waals surface area contributed by atoms with E-state index in [1.165, 1.54) is 11.1 Å². The normalized spacial score (nSPS) is 19.5. The van der Waals surface area contributed by atoms with Crippen LogP contribution in [0, 0.1) is 5.41 Å². The van der Waals surface area contributed by atoms with Crippen molar-refractivity contribution < 1.29 is 9.47 Å². The lowest BCUT2D eigenvalue weighted by atomic mass is 9.88. The number of hydrogen-bond donors (Lipinski definition) is 0. The van der Waals surface area contributed by atoms with Crippen LogP contribution in [0.4, 0.5) is 0 Å². The summed E-state index contributed by atoms with van der Waals surface area (Å²) in [6.45, 7) is 10.0. The first-order valence-electron chi connectivity index (χ1n) is 20.7. The number of benzene rings is 3. The molecule has 0 amide bonds. The van der Waals surface area contributed by atoms with Crippen LogP contribution in [-0.2, 0) is 22.3 Å². The fourth-order valence-electron chi connectivity index (χ4n) is 8.45. The van der Waals surface area contributed by atoms with Gasteiger partial charge in [0, 0.05) is 40.1 Å². The van der Waals surface area contributed by atoms with E-state index in [2.05, 4.69) is 125 Å². The van der Waals surface area contributed by atoms with Crippen LogP contribution in [0.25, 0.3) is 22.3 Å². The van der Waals surface area contributed by atoms with Gasteiger partial charge in [0.2, 0.25) is 0 Å². The molecule has 294 valence electrons. The first kappa shape index (κ1) is 37.5. The van der Waals surface area contributed by atoms with Gasteiger partial charge in [-0.05, 0) is 101 Å². The zero-order chi connectivity index (χ0) is 40.8. The number of allylic oxidation sites excluding steroid dienone is 12. The lowest BCUT2D eigenvalue weighted by Crippen LogP contribution is -2.34. The van der Waals surface area contributed by atoms with E-state index >= 15 is 0 Å². The second kappa shape index (κ2) is 15.5. The van der Waals surface area contributed by atoms with Crippen molar-refractivity contribution in [3.8, 4) is 0 Å². The molecular formula is C52H44N6O2. The zero-order valence-corrected chi connectivity index (χ0v) is 34.2. The molecule has 6 aliphatic rings. The van der Waals surface area contributed by atoms with Gasteiger partial charge in [-0.25, -0.2) is 29.9 Å². The van der Waals surface area contributed by atoms with Crippen molar-refractivity contribution in [2.75, 3.05) is 13.2 Å². The molecule has 10 rings (SSSR count). The molecule has 6 aliphatic heterocycles. The van der Waals surface area contributed by atoms with Crippen molar-refractivity contribution in [2.45, 2.75) is 46.8 Å². The first-order valence-corrected chi connectivity index (χ1v) is 20.7. The first-order chi connectivity index (χ1) is 29.4. The number of fused-ring (bicyclic) bond motifs is 4. The molecule has 8 heteroatoms. The molecule has 0 spiro atoms. The Labute approximate surface area is 350 Å². The molecule has 8 nitrogen and oxygen atoms in total. The molecule has 1 saturated heterocycles. The highest BCUT2D eigenvalue weighted by molar-refractivity contribution is 6.39. The van der Waals surface area contributed by atoms with Gasteiger partial charge >= 0.3 is 0 Å². The maximum Gasteiger partial charge on any atom is 0.184 e. The van der Waals surface area contributed by atoms with Gasteiger partial charge in [0.15, 0.2) is 12.1 Å². The second-order valence-corrected chi connectivity index (χ2v) is 16.2. The largest absolute Gasteiger partial charge is 0.348 e. The van der Waals surface area contributed by atoms with Gasteiger partial charge < -0.3 is 9.47 Å². The van der Waals surface area contributed by atoms with E-state index in [4.69, 9.17) is 39.4 Å². The third kappa shape index (κ3) is 6.87. The highest BCUT2D eigenvalue weighted by atomic mass is 16.7. The number of rotatable bonds is 7. The second-order valence-electron chi connectivity index (χ2n) is 16.2. The fraction of sp³-hybridized carbons (Fsp3) is 0.192. The van der Waals surface area contributed by atoms with Crippen LogP contribution in [0.3, 0.4) is 0 Å². The Balaban J connectivity index is 1.25. The molecule has 60 heavy (non-hydrogen) atoms. The third-order valence-electron chi connectivity index (χ3n) is 11.4. The van der Waals surface area contributed by atoms with E-state index in [9.17, 15) is 0 Å². The van der Waals surface area contributed by atoms with Crippen molar-refractivity contribution in [3.63, 3.8) is 0 Å². The number of aromatic nitrogens is 2. The Hall–Kier alpha value is -6.74. The van der Waals surface area contributed by atoms with Crippen molar-refractivity contribution >= 4 is 45.1 Å². The van der Waals surface area contributed by atoms with Crippen LogP contribution in [0.2, 0.25) is 0 Å². The van der Waals surface area contributed by atoms with E-state index in [1.807, 2.05) is 30.4 Å². The molecule has 7 heterocycles. The molecule has 1 aromatic heterocycles. The van der Waals surface area contributed by atoms with Crippen molar-refractivity contribution in [1.82, 2.24) is 9.97 Å². The molecule has 1 fully saturated rings. The van der Waals surface area contributed by atoms with Crippen LogP contribution in [0.15, 0.2) is 183 Å². The Morgan fingerprint density at radius 1 is 0.517 bits per heavy atom. The molecule has 0 radical (unpaired) electrons. The summed E-state index contributed by atoms with van der Waals surface area (Å²) in [5, 5.41) is 0. The maximum absolute atomic E-state index is 6.37. The lowest BCUT2D eigenvalue weighted by molar-refractivity contribution is -0.226. The fourth-order valence-corrected chi connectivity index (χ4v) is 8.45. The van der Waals surface area contributed by atoms with E-state index in [-0.39, 0.29) is 5.41 Å². The molecule has 0 unspecified atom stereocenters. The zero-order valence-electron chi connectivity index (χ0n) is 34.2. The standard InChI is InChI=1S/C52H44N6O2/c1-5-32-29-37(51-59-30-52(3,4)31-60-51)33(6-2)28-36(32)48-42-22-18-38(55-42)46(34-14-9-7-10-15-34)40-20-24-44(57-40)49(50-53-26-13-27-54-50)45-25-21-41(58-45)47(35-16-11-8-12-17-35)39-19-23-43(48)56-39/h7-29,51H,5-6,30-31H2,1-4H3. The van der Waals surface area contributed by atoms with E-state index in [1.54, 1.807) is 12.4 Å². The number of hydrogen-bond acceptors (Lipinski definition) is 8. The van der Waals surface area contributed by atoms with Crippen LogP contribution in [0.5, 0.6) is 0 Å². The summed E-state index contributed by atoms with van der Waals surface area (Å²) in [5.41, 5.74) is 16.4. The molecule has 4 aromatic rings. The van der Waals surface area contributed by atoms with Gasteiger partial charge in [-0.1, -0.05) is 94.4 Å².